The first-order chi connectivity index (χ1) is 15.9. The second-order valence-corrected chi connectivity index (χ2v) is 9.28. The Hall–Kier alpha value is -4.16. The second kappa shape index (κ2) is 5.00. The van der Waals surface area contributed by atoms with Crippen molar-refractivity contribution in [3.63, 3.8) is 0 Å². The lowest BCUT2D eigenvalue weighted by Crippen LogP contribution is -1.94. The van der Waals surface area contributed by atoms with Crippen LogP contribution in [0.1, 0.15) is 0 Å². The first-order valence-corrected chi connectivity index (χ1v) is 11.3. The largest absolute Gasteiger partial charge is 0.0616 e. The lowest BCUT2D eigenvalue weighted by atomic mass is 9.80. The van der Waals surface area contributed by atoms with Crippen LogP contribution in [-0.4, -0.2) is 0 Å². The fourth-order valence-corrected chi connectivity index (χ4v) is 6.65. The van der Waals surface area contributed by atoms with Crippen LogP contribution in [0.15, 0.2) is 97.1 Å². The second-order valence-electron chi connectivity index (χ2n) is 9.28. The molecular formula is C32H16. The van der Waals surface area contributed by atoms with E-state index in [1.807, 2.05) is 0 Å². The Balaban J connectivity index is 1.81. The van der Waals surface area contributed by atoms with Gasteiger partial charge in [0.15, 0.2) is 0 Å². The van der Waals surface area contributed by atoms with Gasteiger partial charge in [-0.25, -0.2) is 0 Å². The monoisotopic (exact) mass is 400 g/mol. The quantitative estimate of drug-likeness (QED) is 0.176. The number of rotatable bonds is 0. The van der Waals surface area contributed by atoms with Crippen molar-refractivity contribution in [2.75, 3.05) is 0 Å². The minimum absolute atomic E-state index is 1.31. The van der Waals surface area contributed by atoms with Crippen molar-refractivity contribution in [3.05, 3.63) is 97.1 Å². The van der Waals surface area contributed by atoms with Crippen molar-refractivity contribution in [3.8, 4) is 0 Å². The third kappa shape index (κ3) is 1.57. The molecule has 0 saturated carbocycles. The maximum Gasteiger partial charge on any atom is -0.000138 e. The Morgan fingerprint density at radius 1 is 0.250 bits per heavy atom. The SMILES string of the molecule is c1ccc2c(c1)cc1c3cccc4cc5ccc6cccc7c8ccc2c1c8c(c43)c5c67. The molecule has 144 valence electrons. The van der Waals surface area contributed by atoms with Crippen LogP contribution >= 0.6 is 0 Å². The van der Waals surface area contributed by atoms with Crippen molar-refractivity contribution < 1.29 is 0 Å². The molecule has 9 aromatic rings. The van der Waals surface area contributed by atoms with Crippen molar-refractivity contribution in [2.45, 2.75) is 0 Å². The van der Waals surface area contributed by atoms with E-state index < -0.39 is 0 Å². The van der Waals surface area contributed by atoms with E-state index in [-0.39, 0.29) is 0 Å². The third-order valence-electron chi connectivity index (χ3n) is 7.84. The molecule has 0 atom stereocenters. The maximum absolute atomic E-state index is 2.42. The predicted octanol–water partition coefficient (Wildman–Crippen LogP) is 9.23. The van der Waals surface area contributed by atoms with Gasteiger partial charge in [-0.3, -0.25) is 0 Å². The Morgan fingerprint density at radius 2 is 0.844 bits per heavy atom. The minimum Gasteiger partial charge on any atom is -0.0616 e. The number of fused-ring (bicyclic) bond motifs is 4. The van der Waals surface area contributed by atoms with Crippen LogP contribution in [0.2, 0.25) is 0 Å². The molecule has 0 heterocycles. The fraction of sp³-hybridized carbons (Fsp3) is 0. The molecule has 0 unspecified atom stereocenters. The van der Waals surface area contributed by atoms with Gasteiger partial charge in [-0.05, 0) is 98.3 Å². The molecule has 0 radical (unpaired) electrons. The van der Waals surface area contributed by atoms with Gasteiger partial charge in [0.1, 0.15) is 0 Å². The molecule has 0 bridgehead atoms. The summed E-state index contributed by atoms with van der Waals surface area (Å²) in [7, 11) is 0. The molecule has 0 spiro atoms. The van der Waals surface area contributed by atoms with Gasteiger partial charge in [0.25, 0.3) is 0 Å². The van der Waals surface area contributed by atoms with E-state index in [2.05, 4.69) is 97.1 Å². The molecule has 0 heteroatoms. The van der Waals surface area contributed by atoms with Crippen LogP contribution in [0.4, 0.5) is 0 Å². The summed E-state index contributed by atoms with van der Waals surface area (Å²) in [5.41, 5.74) is 0. The summed E-state index contributed by atoms with van der Waals surface area (Å²) in [4.78, 5) is 0. The number of hydrogen-bond donors (Lipinski definition) is 0. The maximum atomic E-state index is 2.42. The molecule has 32 heavy (non-hydrogen) atoms. The van der Waals surface area contributed by atoms with Gasteiger partial charge >= 0.3 is 0 Å². The summed E-state index contributed by atoms with van der Waals surface area (Å²) >= 11 is 0. The van der Waals surface area contributed by atoms with Crippen LogP contribution in [0, 0.1) is 0 Å². The molecule has 0 saturated heterocycles. The summed E-state index contributed by atoms with van der Waals surface area (Å²) in [5.74, 6) is 0. The Bertz CT molecular complexity index is 2180. The van der Waals surface area contributed by atoms with Gasteiger partial charge in [0, 0.05) is 0 Å². The van der Waals surface area contributed by atoms with Crippen LogP contribution in [0.3, 0.4) is 0 Å². The zero-order valence-electron chi connectivity index (χ0n) is 17.2. The first kappa shape index (κ1) is 15.6. The van der Waals surface area contributed by atoms with Crippen molar-refractivity contribution in [1.82, 2.24) is 0 Å². The van der Waals surface area contributed by atoms with Crippen LogP contribution in [0.25, 0.3) is 86.2 Å². The first-order valence-electron chi connectivity index (χ1n) is 11.3. The van der Waals surface area contributed by atoms with Crippen molar-refractivity contribution >= 4 is 86.2 Å². The summed E-state index contributed by atoms with van der Waals surface area (Å²) in [6.45, 7) is 0. The average molecular weight is 400 g/mol. The topological polar surface area (TPSA) is 0 Å². The zero-order chi connectivity index (χ0) is 20.6. The smallest absolute Gasteiger partial charge is 0.000138 e. The highest BCUT2D eigenvalue weighted by Gasteiger charge is 2.22. The zero-order valence-corrected chi connectivity index (χ0v) is 17.2. The Kier molecular flexibility index (Phi) is 2.44. The van der Waals surface area contributed by atoms with Crippen molar-refractivity contribution in [2.24, 2.45) is 0 Å². The molecule has 0 aliphatic carbocycles. The minimum atomic E-state index is 1.31. The summed E-state index contributed by atoms with van der Waals surface area (Å²) in [6.07, 6.45) is 0. The van der Waals surface area contributed by atoms with E-state index >= 15 is 0 Å². The summed E-state index contributed by atoms with van der Waals surface area (Å²) < 4.78 is 0. The molecule has 0 aliphatic rings. The average Bonchev–Trinajstić information content (AvgIpc) is 2.85. The highest BCUT2D eigenvalue weighted by Crippen LogP contribution is 2.51. The van der Waals surface area contributed by atoms with Crippen LogP contribution < -0.4 is 0 Å². The molecule has 0 fully saturated rings. The van der Waals surface area contributed by atoms with Crippen LogP contribution in [-0.2, 0) is 0 Å². The highest BCUT2D eigenvalue weighted by molar-refractivity contribution is 6.49. The molecular weight excluding hydrogens is 384 g/mol. The fourth-order valence-electron chi connectivity index (χ4n) is 6.65. The van der Waals surface area contributed by atoms with E-state index in [0.717, 1.165) is 0 Å². The molecule has 0 aliphatic heterocycles. The van der Waals surface area contributed by atoms with E-state index in [1.165, 1.54) is 86.2 Å². The normalized spacial score (nSPS) is 13.0. The molecule has 0 aromatic heterocycles. The van der Waals surface area contributed by atoms with E-state index in [4.69, 9.17) is 0 Å². The number of hydrogen-bond acceptors (Lipinski definition) is 0. The van der Waals surface area contributed by atoms with Gasteiger partial charge < -0.3 is 0 Å². The van der Waals surface area contributed by atoms with E-state index in [0.29, 0.717) is 0 Å². The molecule has 9 rings (SSSR count). The van der Waals surface area contributed by atoms with E-state index in [9.17, 15) is 0 Å². The Labute approximate surface area is 183 Å². The molecule has 0 N–H and O–H groups in total. The van der Waals surface area contributed by atoms with Gasteiger partial charge in [-0.1, -0.05) is 84.9 Å². The van der Waals surface area contributed by atoms with Gasteiger partial charge in [0.2, 0.25) is 0 Å². The molecule has 0 nitrogen and oxygen atoms in total. The molecule has 0 amide bonds. The Morgan fingerprint density at radius 3 is 1.75 bits per heavy atom. The van der Waals surface area contributed by atoms with Crippen LogP contribution in [0.5, 0.6) is 0 Å². The molecule has 9 aromatic carbocycles. The van der Waals surface area contributed by atoms with Crippen molar-refractivity contribution in [1.29, 1.82) is 0 Å². The highest BCUT2D eigenvalue weighted by atomic mass is 14.2. The third-order valence-corrected chi connectivity index (χ3v) is 7.84. The summed E-state index contributed by atoms with van der Waals surface area (Å²) in [6, 6.07) is 36.6. The standard InChI is InChI=1S/C32H16/c1-2-8-21-18(5-1)16-26-23-10-4-7-19-15-20-12-11-17-6-3-9-22-25-14-13-24(21)30(26)31(25)32(28(19)23)29(20)27(17)22/h1-16H. The predicted molar refractivity (Wildman–Crippen MR) is 140 cm³/mol. The lowest BCUT2D eigenvalue weighted by Gasteiger charge is -2.22. The van der Waals surface area contributed by atoms with Gasteiger partial charge in [0.05, 0.1) is 0 Å². The number of benzene rings is 9. The van der Waals surface area contributed by atoms with E-state index in [1.54, 1.807) is 0 Å². The summed E-state index contributed by atoms with van der Waals surface area (Å²) in [5, 5.41) is 22.1. The van der Waals surface area contributed by atoms with Gasteiger partial charge in [-0.2, -0.15) is 0 Å². The van der Waals surface area contributed by atoms with Gasteiger partial charge in [-0.15, -0.1) is 0 Å². The lowest BCUT2D eigenvalue weighted by molar-refractivity contribution is 1.80.